The summed E-state index contributed by atoms with van der Waals surface area (Å²) in [6.45, 7) is 7.09. The van der Waals surface area contributed by atoms with Crippen LogP contribution in [-0.4, -0.2) is 35.6 Å². The minimum atomic E-state index is 0.553. The fraction of sp³-hybridized carbons (Fsp3) is 0.450. The van der Waals surface area contributed by atoms with Crippen molar-refractivity contribution in [1.82, 2.24) is 15.2 Å². The lowest BCUT2D eigenvalue weighted by Crippen LogP contribution is -2.37. The summed E-state index contributed by atoms with van der Waals surface area (Å²) in [4.78, 5) is 6.70. The first-order valence-electron chi connectivity index (χ1n) is 8.91. The van der Waals surface area contributed by atoms with Crippen molar-refractivity contribution in [2.45, 2.75) is 39.0 Å². The molecule has 0 spiro atoms. The summed E-state index contributed by atoms with van der Waals surface area (Å²) >= 11 is 0. The molecule has 1 aliphatic rings. The van der Waals surface area contributed by atoms with Crippen LogP contribution in [0.1, 0.15) is 30.9 Å². The smallest absolute Gasteiger partial charge is 0.124 e. The van der Waals surface area contributed by atoms with Crippen LogP contribution < -0.4 is 10.1 Å². The Morgan fingerprint density at radius 1 is 1.25 bits per heavy atom. The van der Waals surface area contributed by atoms with E-state index in [0.29, 0.717) is 12.6 Å². The second-order valence-corrected chi connectivity index (χ2v) is 6.31. The zero-order valence-corrected chi connectivity index (χ0v) is 14.4. The summed E-state index contributed by atoms with van der Waals surface area (Å²) in [5.41, 5.74) is 2.30. The topological polar surface area (TPSA) is 37.4 Å². The summed E-state index contributed by atoms with van der Waals surface area (Å²) in [6.07, 6.45) is 6.26. The third-order valence-electron chi connectivity index (χ3n) is 4.69. The van der Waals surface area contributed by atoms with Crippen LogP contribution in [0.5, 0.6) is 5.75 Å². The minimum Gasteiger partial charge on any atom is -0.489 e. The Morgan fingerprint density at radius 3 is 3.00 bits per heavy atom. The van der Waals surface area contributed by atoms with E-state index in [9.17, 15) is 0 Å². The SMILES string of the molecule is CCN1CCCC1CNCc1ccccc1OCc1cccnc1. The maximum absolute atomic E-state index is 6.00. The van der Waals surface area contributed by atoms with Gasteiger partial charge in [-0.2, -0.15) is 0 Å². The quantitative estimate of drug-likeness (QED) is 0.808. The van der Waals surface area contributed by atoms with E-state index in [1.54, 1.807) is 6.20 Å². The van der Waals surface area contributed by atoms with Crippen molar-refractivity contribution in [2.75, 3.05) is 19.6 Å². The highest BCUT2D eigenvalue weighted by Gasteiger charge is 2.22. The van der Waals surface area contributed by atoms with Crippen LogP contribution in [-0.2, 0) is 13.2 Å². The van der Waals surface area contributed by atoms with Gasteiger partial charge in [-0.15, -0.1) is 0 Å². The Kier molecular flexibility index (Phi) is 6.21. The molecule has 4 nitrogen and oxygen atoms in total. The van der Waals surface area contributed by atoms with Gasteiger partial charge in [-0.05, 0) is 38.1 Å². The maximum atomic E-state index is 6.00. The predicted molar refractivity (Wildman–Crippen MR) is 97.0 cm³/mol. The van der Waals surface area contributed by atoms with Crippen LogP contribution in [0.2, 0.25) is 0 Å². The third-order valence-corrected chi connectivity index (χ3v) is 4.69. The molecule has 1 N–H and O–H groups in total. The van der Waals surface area contributed by atoms with E-state index in [4.69, 9.17) is 4.74 Å². The molecule has 1 atom stereocenters. The Balaban J connectivity index is 1.52. The highest BCUT2D eigenvalue weighted by atomic mass is 16.5. The van der Waals surface area contributed by atoms with Gasteiger partial charge >= 0.3 is 0 Å². The Morgan fingerprint density at radius 2 is 2.17 bits per heavy atom. The van der Waals surface area contributed by atoms with Gasteiger partial charge in [0.1, 0.15) is 12.4 Å². The summed E-state index contributed by atoms with van der Waals surface area (Å²) in [5, 5.41) is 3.61. The molecule has 1 aliphatic heterocycles. The van der Waals surface area contributed by atoms with Gasteiger partial charge in [-0.25, -0.2) is 0 Å². The molecule has 2 heterocycles. The first kappa shape index (κ1) is 16.9. The molecule has 1 unspecified atom stereocenters. The van der Waals surface area contributed by atoms with Crippen molar-refractivity contribution >= 4 is 0 Å². The molecule has 1 saturated heterocycles. The van der Waals surface area contributed by atoms with Gasteiger partial charge in [0, 0.05) is 42.7 Å². The zero-order chi connectivity index (χ0) is 16.6. The highest BCUT2D eigenvalue weighted by Crippen LogP contribution is 2.20. The Bertz CT molecular complexity index is 617. The van der Waals surface area contributed by atoms with Gasteiger partial charge in [0.15, 0.2) is 0 Å². The first-order valence-corrected chi connectivity index (χ1v) is 8.91. The number of aromatic nitrogens is 1. The monoisotopic (exact) mass is 325 g/mol. The molecular formula is C20H27N3O. The number of hydrogen-bond acceptors (Lipinski definition) is 4. The number of likely N-dealkylation sites (N-methyl/N-ethyl adjacent to an activating group) is 1. The number of rotatable bonds is 8. The highest BCUT2D eigenvalue weighted by molar-refractivity contribution is 5.33. The summed E-state index contributed by atoms with van der Waals surface area (Å²) < 4.78 is 6.00. The normalized spacial score (nSPS) is 18.0. The van der Waals surface area contributed by atoms with Crippen molar-refractivity contribution in [2.24, 2.45) is 0 Å². The average Bonchev–Trinajstić information content (AvgIpc) is 3.09. The van der Waals surface area contributed by atoms with Crippen molar-refractivity contribution in [3.8, 4) is 5.75 Å². The Labute approximate surface area is 144 Å². The molecular weight excluding hydrogens is 298 g/mol. The van der Waals surface area contributed by atoms with Crippen LogP contribution in [0.3, 0.4) is 0 Å². The van der Waals surface area contributed by atoms with Crippen molar-refractivity contribution in [3.05, 3.63) is 59.9 Å². The first-order chi connectivity index (χ1) is 11.9. The zero-order valence-electron chi connectivity index (χ0n) is 14.4. The Hall–Kier alpha value is -1.91. The number of para-hydroxylation sites is 1. The summed E-state index contributed by atoms with van der Waals surface area (Å²) in [7, 11) is 0. The largest absolute Gasteiger partial charge is 0.489 e. The van der Waals surface area contributed by atoms with Crippen LogP contribution in [0, 0.1) is 0 Å². The van der Waals surface area contributed by atoms with Gasteiger partial charge in [0.05, 0.1) is 0 Å². The number of hydrogen-bond donors (Lipinski definition) is 1. The summed E-state index contributed by atoms with van der Waals surface area (Å²) in [5.74, 6) is 0.952. The van der Waals surface area contributed by atoms with Gasteiger partial charge in [-0.3, -0.25) is 9.88 Å². The van der Waals surface area contributed by atoms with Gasteiger partial charge < -0.3 is 10.1 Å². The molecule has 3 rings (SSSR count). The minimum absolute atomic E-state index is 0.553. The van der Waals surface area contributed by atoms with E-state index in [2.05, 4.69) is 34.3 Å². The molecule has 0 radical (unpaired) electrons. The molecule has 0 amide bonds. The van der Waals surface area contributed by atoms with E-state index in [1.165, 1.54) is 24.9 Å². The van der Waals surface area contributed by atoms with Crippen molar-refractivity contribution in [1.29, 1.82) is 0 Å². The van der Waals surface area contributed by atoms with Gasteiger partial charge in [0.2, 0.25) is 0 Å². The number of pyridine rings is 1. The van der Waals surface area contributed by atoms with E-state index in [-0.39, 0.29) is 0 Å². The number of nitrogens with zero attached hydrogens (tertiary/aromatic N) is 2. The molecule has 1 aromatic carbocycles. The van der Waals surface area contributed by atoms with E-state index >= 15 is 0 Å². The van der Waals surface area contributed by atoms with Gasteiger partial charge in [-0.1, -0.05) is 31.2 Å². The standard InChI is InChI=1S/C20H27N3O/c1-2-23-12-6-9-19(23)15-22-14-18-8-3-4-10-20(18)24-16-17-7-5-11-21-13-17/h3-5,7-8,10-11,13,19,22H,2,6,9,12,14-16H2,1H3. The molecule has 4 heteroatoms. The summed E-state index contributed by atoms with van der Waals surface area (Å²) in [6, 6.07) is 12.9. The number of benzene rings is 1. The fourth-order valence-corrected chi connectivity index (χ4v) is 3.35. The lowest BCUT2D eigenvalue weighted by molar-refractivity contribution is 0.259. The van der Waals surface area contributed by atoms with E-state index < -0.39 is 0 Å². The van der Waals surface area contributed by atoms with Crippen molar-refractivity contribution < 1.29 is 4.74 Å². The maximum Gasteiger partial charge on any atom is 0.124 e. The fourth-order valence-electron chi connectivity index (χ4n) is 3.35. The van der Waals surface area contributed by atoms with Crippen LogP contribution in [0.4, 0.5) is 0 Å². The number of ether oxygens (including phenoxy) is 1. The van der Waals surface area contributed by atoms with E-state index in [0.717, 1.165) is 30.9 Å². The second-order valence-electron chi connectivity index (χ2n) is 6.31. The second kappa shape index (κ2) is 8.81. The number of likely N-dealkylation sites (tertiary alicyclic amines) is 1. The van der Waals surface area contributed by atoms with E-state index in [1.807, 2.05) is 30.5 Å². The molecule has 0 bridgehead atoms. The van der Waals surface area contributed by atoms with Crippen LogP contribution in [0.25, 0.3) is 0 Å². The lowest BCUT2D eigenvalue weighted by atomic mass is 10.1. The molecule has 1 fully saturated rings. The molecule has 128 valence electrons. The van der Waals surface area contributed by atoms with Crippen LogP contribution in [0.15, 0.2) is 48.8 Å². The van der Waals surface area contributed by atoms with Gasteiger partial charge in [0.25, 0.3) is 0 Å². The average molecular weight is 325 g/mol. The molecule has 1 aromatic heterocycles. The van der Waals surface area contributed by atoms with Crippen LogP contribution >= 0.6 is 0 Å². The predicted octanol–water partition coefficient (Wildman–Crippen LogP) is 3.23. The molecule has 24 heavy (non-hydrogen) atoms. The lowest BCUT2D eigenvalue weighted by Gasteiger charge is -2.23. The van der Waals surface area contributed by atoms with Crippen molar-refractivity contribution in [3.63, 3.8) is 0 Å². The molecule has 2 aromatic rings. The molecule has 0 saturated carbocycles. The molecule has 0 aliphatic carbocycles. The number of nitrogens with one attached hydrogen (secondary N) is 1. The third kappa shape index (κ3) is 4.56.